The molecule has 1 heterocycles. The number of hydrogen-bond acceptors (Lipinski definition) is 4. The Labute approximate surface area is 216 Å². The van der Waals surface area contributed by atoms with E-state index in [2.05, 4.69) is 6.92 Å². The molecule has 188 valence electrons. The van der Waals surface area contributed by atoms with E-state index in [-0.39, 0.29) is 24.5 Å². The molecule has 0 spiro atoms. The van der Waals surface area contributed by atoms with Crippen LogP contribution in [0.15, 0.2) is 66.7 Å². The van der Waals surface area contributed by atoms with Gasteiger partial charge in [0.15, 0.2) is 0 Å². The number of benzene rings is 3. The number of nitrogens with zero attached hydrogens (tertiary/aromatic N) is 1. The van der Waals surface area contributed by atoms with Crippen LogP contribution in [-0.4, -0.2) is 47.7 Å². The molecule has 0 fully saturated rings. The topological polar surface area (TPSA) is 76.1 Å². The molecule has 4 rings (SSSR count). The summed E-state index contributed by atoms with van der Waals surface area (Å²) < 4.78 is 11.5. The summed E-state index contributed by atoms with van der Waals surface area (Å²) in [6, 6.07) is 21.1. The summed E-state index contributed by atoms with van der Waals surface area (Å²) in [6.45, 7) is 2.08. The summed E-state index contributed by atoms with van der Waals surface area (Å²) in [5.41, 5.74) is 3.67. The molecule has 36 heavy (non-hydrogen) atoms. The number of carboxylic acids is 1. The van der Waals surface area contributed by atoms with Crippen LogP contribution in [-0.2, 0) is 35.3 Å². The van der Waals surface area contributed by atoms with Crippen molar-refractivity contribution in [3.05, 3.63) is 94.0 Å². The maximum Gasteiger partial charge on any atom is 0.323 e. The summed E-state index contributed by atoms with van der Waals surface area (Å²) in [7, 11) is 1.60. The molecule has 0 radical (unpaired) electrons. The predicted octanol–water partition coefficient (Wildman–Crippen LogP) is 4.98. The number of halogens is 1. The molecule has 0 bridgehead atoms. The number of carboxylic acid groups (broad SMARTS) is 1. The quantitative estimate of drug-likeness (QED) is 0.418. The third kappa shape index (κ3) is 6.58. The molecule has 1 aliphatic rings. The highest BCUT2D eigenvalue weighted by Gasteiger charge is 2.35. The fourth-order valence-electron chi connectivity index (χ4n) is 4.62. The summed E-state index contributed by atoms with van der Waals surface area (Å²) >= 11 is 6.01. The molecule has 1 amide bonds. The highest BCUT2D eigenvalue weighted by Crippen LogP contribution is 2.37. The van der Waals surface area contributed by atoms with E-state index in [0.717, 1.165) is 46.6 Å². The first kappa shape index (κ1) is 25.6. The fourth-order valence-corrected chi connectivity index (χ4v) is 4.74. The highest BCUT2D eigenvalue weighted by atomic mass is 35.5. The van der Waals surface area contributed by atoms with Crippen LogP contribution in [0.1, 0.15) is 29.2 Å². The number of amides is 1. The largest absolute Gasteiger partial charge is 0.497 e. The first-order valence-corrected chi connectivity index (χ1v) is 12.3. The Balaban J connectivity index is 1.40. The second-order valence-corrected chi connectivity index (χ2v) is 9.89. The number of methoxy groups -OCH3 is 1. The van der Waals surface area contributed by atoms with Gasteiger partial charge in [-0.3, -0.25) is 9.59 Å². The number of carbonyl (C=O) groups excluding carboxylic acids is 1. The molecule has 6 nitrogen and oxygen atoms in total. The second-order valence-electron chi connectivity index (χ2n) is 9.46. The Morgan fingerprint density at radius 2 is 1.69 bits per heavy atom. The van der Waals surface area contributed by atoms with Crippen molar-refractivity contribution in [3.63, 3.8) is 0 Å². The lowest BCUT2D eigenvalue weighted by molar-refractivity contribution is -0.144. The summed E-state index contributed by atoms with van der Waals surface area (Å²) in [5.74, 6) is 0.332. The zero-order valence-electron chi connectivity index (χ0n) is 20.5. The molecule has 1 aliphatic heterocycles. The van der Waals surface area contributed by atoms with Crippen molar-refractivity contribution < 1.29 is 24.2 Å². The summed E-state index contributed by atoms with van der Waals surface area (Å²) in [4.78, 5) is 25.9. The van der Waals surface area contributed by atoms with E-state index in [4.69, 9.17) is 21.1 Å². The van der Waals surface area contributed by atoms with Crippen molar-refractivity contribution in [1.82, 2.24) is 4.90 Å². The maximum atomic E-state index is 13.1. The molecular formula is C29H30ClNO5. The average molecular weight is 508 g/mol. The van der Waals surface area contributed by atoms with Crippen molar-refractivity contribution >= 4 is 23.5 Å². The van der Waals surface area contributed by atoms with E-state index in [0.29, 0.717) is 18.0 Å². The average Bonchev–Trinajstić information content (AvgIpc) is 3.18. The number of ether oxygens (including phenoxy) is 2. The van der Waals surface area contributed by atoms with Gasteiger partial charge in [-0.05, 0) is 65.9 Å². The van der Waals surface area contributed by atoms with Gasteiger partial charge in [0, 0.05) is 24.4 Å². The number of rotatable bonds is 10. The Bertz CT molecular complexity index is 1230. The molecule has 3 aromatic carbocycles. The van der Waals surface area contributed by atoms with Crippen molar-refractivity contribution in [2.75, 3.05) is 20.2 Å². The molecule has 1 atom stereocenters. The minimum Gasteiger partial charge on any atom is -0.497 e. The molecule has 0 aliphatic carbocycles. The number of aliphatic carboxylic acids is 1. The normalized spacial score (nSPS) is 16.2. The molecule has 0 aromatic heterocycles. The van der Waals surface area contributed by atoms with Crippen LogP contribution in [0.2, 0.25) is 5.02 Å². The van der Waals surface area contributed by atoms with Crippen LogP contribution in [0.25, 0.3) is 0 Å². The maximum absolute atomic E-state index is 13.1. The van der Waals surface area contributed by atoms with Crippen LogP contribution in [0.3, 0.4) is 0 Å². The van der Waals surface area contributed by atoms with E-state index in [1.165, 1.54) is 4.90 Å². The van der Waals surface area contributed by atoms with Crippen LogP contribution in [0, 0.1) is 0 Å². The predicted molar refractivity (Wildman–Crippen MR) is 139 cm³/mol. The monoisotopic (exact) mass is 507 g/mol. The van der Waals surface area contributed by atoms with Gasteiger partial charge in [-0.25, -0.2) is 0 Å². The molecule has 1 N–H and O–H groups in total. The van der Waals surface area contributed by atoms with E-state index in [9.17, 15) is 14.7 Å². The van der Waals surface area contributed by atoms with Crippen LogP contribution in [0.5, 0.6) is 11.5 Å². The van der Waals surface area contributed by atoms with Gasteiger partial charge in [0.2, 0.25) is 5.91 Å². The third-order valence-electron chi connectivity index (χ3n) is 6.40. The van der Waals surface area contributed by atoms with Crippen LogP contribution >= 0.6 is 11.6 Å². The van der Waals surface area contributed by atoms with Gasteiger partial charge in [-0.1, -0.05) is 48.0 Å². The molecule has 7 heteroatoms. The first-order valence-electron chi connectivity index (χ1n) is 11.9. The van der Waals surface area contributed by atoms with Crippen molar-refractivity contribution in [2.45, 2.75) is 38.2 Å². The smallest absolute Gasteiger partial charge is 0.323 e. The lowest BCUT2D eigenvalue weighted by atomic mass is 9.91. The Hall–Kier alpha value is -3.51. The van der Waals surface area contributed by atoms with Crippen LogP contribution in [0.4, 0.5) is 0 Å². The van der Waals surface area contributed by atoms with Crippen molar-refractivity contribution in [1.29, 1.82) is 0 Å². The van der Waals surface area contributed by atoms with Gasteiger partial charge >= 0.3 is 5.97 Å². The minimum atomic E-state index is -1.03. The van der Waals surface area contributed by atoms with E-state index < -0.39 is 5.97 Å². The number of hydrogen-bond donors (Lipinski definition) is 1. The zero-order chi connectivity index (χ0) is 25.7. The third-order valence-corrected chi connectivity index (χ3v) is 6.65. The van der Waals surface area contributed by atoms with E-state index >= 15 is 0 Å². The number of fused-ring (bicyclic) bond motifs is 1. The Kier molecular flexibility index (Phi) is 7.85. The van der Waals surface area contributed by atoms with Gasteiger partial charge in [-0.2, -0.15) is 0 Å². The standard InChI is InChI=1S/C29H30ClNO5/c1-29(17-21-3-8-24(30)9-4-21)18-23-15-22(7-12-26(23)36-29)16-27(32)31(19-28(33)34)14-13-20-5-10-25(35-2)11-6-20/h3-12,15H,13-14,16-19H2,1-2H3,(H,33,34)/t29-/m1/s1. The SMILES string of the molecule is COc1ccc(CCN(CC(=O)O)C(=O)Cc2ccc3c(c2)C[C@@](C)(Cc2ccc(Cl)cc2)O3)cc1. The highest BCUT2D eigenvalue weighted by molar-refractivity contribution is 6.30. The van der Waals surface area contributed by atoms with Gasteiger partial charge in [0.25, 0.3) is 0 Å². The van der Waals surface area contributed by atoms with E-state index in [1.54, 1.807) is 7.11 Å². The molecule has 0 saturated heterocycles. The van der Waals surface area contributed by atoms with Gasteiger partial charge < -0.3 is 19.5 Å². The zero-order valence-corrected chi connectivity index (χ0v) is 21.3. The molecular weight excluding hydrogens is 478 g/mol. The van der Waals surface area contributed by atoms with E-state index in [1.807, 2.05) is 66.7 Å². The Morgan fingerprint density at radius 3 is 2.36 bits per heavy atom. The van der Waals surface area contributed by atoms with Crippen molar-refractivity contribution in [2.24, 2.45) is 0 Å². The molecule has 0 unspecified atom stereocenters. The van der Waals surface area contributed by atoms with Crippen LogP contribution < -0.4 is 9.47 Å². The second kappa shape index (κ2) is 11.0. The van der Waals surface area contributed by atoms with Crippen molar-refractivity contribution in [3.8, 4) is 11.5 Å². The number of carbonyl (C=O) groups is 2. The van der Waals surface area contributed by atoms with Gasteiger partial charge in [0.1, 0.15) is 23.6 Å². The lowest BCUT2D eigenvalue weighted by Gasteiger charge is -2.24. The lowest BCUT2D eigenvalue weighted by Crippen LogP contribution is -2.38. The first-order chi connectivity index (χ1) is 17.2. The van der Waals surface area contributed by atoms with Gasteiger partial charge in [-0.15, -0.1) is 0 Å². The van der Waals surface area contributed by atoms with Gasteiger partial charge in [0.05, 0.1) is 13.5 Å². The minimum absolute atomic E-state index is 0.136. The summed E-state index contributed by atoms with van der Waals surface area (Å²) in [6.07, 6.45) is 2.16. The summed E-state index contributed by atoms with van der Waals surface area (Å²) in [5, 5.41) is 10.1. The fraction of sp³-hybridized carbons (Fsp3) is 0.310. The molecule has 3 aromatic rings. The Morgan fingerprint density at radius 1 is 1.03 bits per heavy atom. The molecule has 0 saturated carbocycles.